The third-order valence-electron chi connectivity index (χ3n) is 5.93. The maximum absolute atomic E-state index is 13.8. The quantitative estimate of drug-likeness (QED) is 0.633. The van der Waals surface area contributed by atoms with Gasteiger partial charge < -0.3 is 20.7 Å². The second-order valence-corrected chi connectivity index (χ2v) is 9.73. The molecule has 1 aromatic carbocycles. The number of alkyl halides is 2. The van der Waals surface area contributed by atoms with Gasteiger partial charge in [0.25, 0.3) is 12.3 Å². The normalized spacial score (nSPS) is 18.8. The fourth-order valence-corrected chi connectivity index (χ4v) is 4.20. The number of nitrogens with two attached hydrogens (primary N) is 1. The lowest BCUT2D eigenvalue weighted by Gasteiger charge is -2.44. The van der Waals surface area contributed by atoms with Gasteiger partial charge in [-0.1, -0.05) is 27.2 Å². The van der Waals surface area contributed by atoms with Crippen molar-refractivity contribution in [2.24, 2.45) is 11.1 Å². The average Bonchev–Trinajstić information content (AvgIpc) is 2.66. The van der Waals surface area contributed by atoms with Crippen LogP contribution in [0.2, 0.25) is 0 Å². The zero-order valence-corrected chi connectivity index (χ0v) is 19.1. The first-order valence-electron chi connectivity index (χ1n) is 11.2. The minimum absolute atomic E-state index is 0.0154. The number of benzene rings is 1. The molecule has 1 saturated carbocycles. The van der Waals surface area contributed by atoms with Crippen LogP contribution < -0.4 is 16.0 Å². The lowest BCUT2D eigenvalue weighted by molar-refractivity contribution is -0.126. The first-order chi connectivity index (χ1) is 15.1. The minimum Gasteiger partial charge on any atom is -0.370 e. The van der Waals surface area contributed by atoms with E-state index in [1.54, 1.807) is 6.07 Å². The monoisotopic (exact) mass is 452 g/mol. The first-order valence-corrected chi connectivity index (χ1v) is 11.2. The topological polar surface area (TPSA) is 87.9 Å². The highest BCUT2D eigenvalue weighted by atomic mass is 19.3. The van der Waals surface area contributed by atoms with E-state index in [-0.39, 0.29) is 60.5 Å². The largest absolute Gasteiger partial charge is 0.370 e. The molecule has 9 heteroatoms. The SMILES string of the molecule is CC(C)(C)CN(C1CCC1)[C@@H](CN)C(=O)Nc1ccc(N2CCOCC2=O)c(C(F)F)c1. The van der Waals surface area contributed by atoms with Gasteiger partial charge in [0, 0.05) is 36.9 Å². The van der Waals surface area contributed by atoms with Crippen molar-refractivity contribution >= 4 is 23.2 Å². The van der Waals surface area contributed by atoms with Crippen LogP contribution in [0.15, 0.2) is 18.2 Å². The number of halogens is 2. The Labute approximate surface area is 188 Å². The lowest BCUT2D eigenvalue weighted by atomic mass is 9.86. The molecular formula is C23H34F2N4O3. The number of rotatable bonds is 8. The van der Waals surface area contributed by atoms with Gasteiger partial charge in [0.1, 0.15) is 12.6 Å². The van der Waals surface area contributed by atoms with E-state index in [2.05, 4.69) is 31.0 Å². The van der Waals surface area contributed by atoms with E-state index in [9.17, 15) is 18.4 Å². The summed E-state index contributed by atoms with van der Waals surface area (Å²) in [5.41, 5.74) is 6.09. The summed E-state index contributed by atoms with van der Waals surface area (Å²) >= 11 is 0. The number of carbonyl (C=O) groups is 2. The van der Waals surface area contributed by atoms with Crippen LogP contribution in [0.25, 0.3) is 0 Å². The zero-order chi connectivity index (χ0) is 23.5. The van der Waals surface area contributed by atoms with Crippen molar-refractivity contribution in [1.29, 1.82) is 0 Å². The number of carbonyl (C=O) groups excluding carboxylic acids is 2. The van der Waals surface area contributed by atoms with E-state index in [1.807, 2.05) is 0 Å². The number of nitrogens with zero attached hydrogens (tertiary/aromatic N) is 2. The van der Waals surface area contributed by atoms with Gasteiger partial charge in [-0.2, -0.15) is 0 Å². The molecule has 3 N–H and O–H groups in total. The second-order valence-electron chi connectivity index (χ2n) is 9.73. The van der Waals surface area contributed by atoms with Gasteiger partial charge >= 0.3 is 0 Å². The summed E-state index contributed by atoms with van der Waals surface area (Å²) in [7, 11) is 0. The molecule has 32 heavy (non-hydrogen) atoms. The van der Waals surface area contributed by atoms with E-state index in [4.69, 9.17) is 10.5 Å². The van der Waals surface area contributed by atoms with Crippen LogP contribution in [0.1, 0.15) is 52.0 Å². The molecule has 0 radical (unpaired) electrons. The fourth-order valence-electron chi connectivity index (χ4n) is 4.20. The van der Waals surface area contributed by atoms with E-state index < -0.39 is 12.5 Å². The summed E-state index contributed by atoms with van der Waals surface area (Å²) in [6, 6.07) is 4.00. The summed E-state index contributed by atoms with van der Waals surface area (Å²) in [5, 5.41) is 2.78. The Hall–Kier alpha value is -2.10. The van der Waals surface area contributed by atoms with Crippen molar-refractivity contribution in [3.63, 3.8) is 0 Å². The summed E-state index contributed by atoms with van der Waals surface area (Å²) in [4.78, 5) is 28.7. The zero-order valence-electron chi connectivity index (χ0n) is 19.1. The number of hydrogen-bond acceptors (Lipinski definition) is 5. The molecule has 1 saturated heterocycles. The van der Waals surface area contributed by atoms with Gasteiger partial charge in [0.2, 0.25) is 5.91 Å². The van der Waals surface area contributed by atoms with Gasteiger partial charge in [-0.05, 0) is 36.5 Å². The number of hydrogen-bond donors (Lipinski definition) is 2. The maximum atomic E-state index is 13.8. The number of ether oxygens (including phenoxy) is 1. The molecule has 2 amide bonds. The molecule has 1 aromatic rings. The third-order valence-corrected chi connectivity index (χ3v) is 5.93. The standard InChI is InChI=1S/C23H34F2N4O3/c1-23(2,3)14-29(16-5-4-6-16)19(12-26)22(31)27-15-7-8-18(17(11-15)21(24)25)28-9-10-32-13-20(28)30/h7-8,11,16,19,21H,4-6,9-10,12-14,26H2,1-3H3,(H,27,31)/t19-/m0/s1. The lowest BCUT2D eigenvalue weighted by Crippen LogP contribution is -2.57. The molecule has 1 atom stereocenters. The highest BCUT2D eigenvalue weighted by molar-refractivity contribution is 5.98. The van der Waals surface area contributed by atoms with Crippen LogP contribution in [0.5, 0.6) is 0 Å². The molecule has 0 unspecified atom stereocenters. The highest BCUT2D eigenvalue weighted by Gasteiger charge is 2.36. The first kappa shape index (κ1) is 24.5. The number of nitrogens with one attached hydrogen (secondary N) is 1. The van der Waals surface area contributed by atoms with E-state index in [0.717, 1.165) is 19.3 Å². The van der Waals surface area contributed by atoms with Gasteiger partial charge in [0.05, 0.1) is 12.3 Å². The molecule has 2 fully saturated rings. The van der Waals surface area contributed by atoms with Crippen LogP contribution in [0, 0.1) is 5.41 Å². The smallest absolute Gasteiger partial charge is 0.265 e. The van der Waals surface area contributed by atoms with Gasteiger partial charge in [-0.3, -0.25) is 14.5 Å². The molecule has 1 aliphatic heterocycles. The van der Waals surface area contributed by atoms with E-state index >= 15 is 0 Å². The van der Waals surface area contributed by atoms with Gasteiger partial charge in [0.15, 0.2) is 0 Å². The molecule has 0 bridgehead atoms. The molecule has 0 spiro atoms. The van der Waals surface area contributed by atoms with E-state index in [1.165, 1.54) is 17.0 Å². The van der Waals surface area contributed by atoms with Gasteiger partial charge in [-0.15, -0.1) is 0 Å². The molecule has 178 valence electrons. The fraction of sp³-hybridized carbons (Fsp3) is 0.652. The third kappa shape index (κ3) is 5.82. The second kappa shape index (κ2) is 10.2. The van der Waals surface area contributed by atoms with Crippen LogP contribution >= 0.6 is 0 Å². The Morgan fingerprint density at radius 3 is 2.59 bits per heavy atom. The van der Waals surface area contributed by atoms with Gasteiger partial charge in [-0.25, -0.2) is 8.78 Å². The van der Waals surface area contributed by atoms with Crippen molar-refractivity contribution in [3.05, 3.63) is 23.8 Å². The number of anilines is 2. The molecule has 3 rings (SSSR count). The van der Waals surface area contributed by atoms with Crippen molar-refractivity contribution in [2.75, 3.05) is 43.1 Å². The number of morpholine rings is 1. The molecular weight excluding hydrogens is 418 g/mol. The van der Waals surface area contributed by atoms with Crippen LogP contribution in [-0.2, 0) is 14.3 Å². The molecule has 7 nitrogen and oxygen atoms in total. The molecule has 1 heterocycles. The van der Waals surface area contributed by atoms with Crippen molar-refractivity contribution in [3.8, 4) is 0 Å². The summed E-state index contributed by atoms with van der Waals surface area (Å²) in [6.07, 6.45) is 0.383. The maximum Gasteiger partial charge on any atom is 0.265 e. The summed E-state index contributed by atoms with van der Waals surface area (Å²) < 4.78 is 32.7. The van der Waals surface area contributed by atoms with Crippen LogP contribution in [-0.4, -0.2) is 61.6 Å². The molecule has 1 aliphatic carbocycles. The Bertz CT molecular complexity index is 824. The minimum atomic E-state index is -2.80. The predicted octanol–water partition coefficient (Wildman–Crippen LogP) is 3.15. The molecule has 0 aromatic heterocycles. The Balaban J connectivity index is 1.80. The van der Waals surface area contributed by atoms with Crippen molar-refractivity contribution < 1.29 is 23.1 Å². The Kier molecular flexibility index (Phi) is 7.84. The van der Waals surface area contributed by atoms with Crippen LogP contribution in [0.3, 0.4) is 0 Å². The van der Waals surface area contributed by atoms with Crippen LogP contribution in [0.4, 0.5) is 20.2 Å². The summed E-state index contributed by atoms with van der Waals surface area (Å²) in [6.45, 7) is 7.57. The average molecular weight is 453 g/mol. The van der Waals surface area contributed by atoms with Crippen molar-refractivity contribution in [2.45, 2.75) is 58.5 Å². The van der Waals surface area contributed by atoms with Crippen molar-refractivity contribution in [1.82, 2.24) is 4.90 Å². The highest BCUT2D eigenvalue weighted by Crippen LogP contribution is 2.34. The van der Waals surface area contributed by atoms with E-state index in [0.29, 0.717) is 12.6 Å². The molecule has 2 aliphatic rings. The predicted molar refractivity (Wildman–Crippen MR) is 120 cm³/mol. The number of amides is 2. The Morgan fingerprint density at radius 2 is 2.06 bits per heavy atom. The summed E-state index contributed by atoms with van der Waals surface area (Å²) in [5.74, 6) is -0.671. The Morgan fingerprint density at radius 1 is 1.34 bits per heavy atom.